The lowest BCUT2D eigenvalue weighted by Gasteiger charge is -2.08. The van der Waals surface area contributed by atoms with Crippen molar-refractivity contribution in [3.63, 3.8) is 0 Å². The average molecular weight is 296 g/mol. The van der Waals surface area contributed by atoms with Gasteiger partial charge in [-0.1, -0.05) is 12.1 Å². The highest BCUT2D eigenvalue weighted by Crippen LogP contribution is 2.24. The van der Waals surface area contributed by atoms with Gasteiger partial charge in [-0.3, -0.25) is 9.48 Å². The van der Waals surface area contributed by atoms with E-state index in [1.807, 2.05) is 42.8 Å². The third-order valence-electron chi connectivity index (χ3n) is 4.13. The molecular weight excluding hydrogens is 276 g/mol. The Morgan fingerprint density at radius 2 is 2.09 bits per heavy atom. The molecule has 5 heteroatoms. The maximum Gasteiger partial charge on any atom is 0.253 e. The highest BCUT2D eigenvalue weighted by atomic mass is 16.1. The molecule has 0 bridgehead atoms. The number of aromatic nitrogens is 3. The third-order valence-corrected chi connectivity index (χ3v) is 4.13. The first-order chi connectivity index (χ1) is 10.6. The SMILES string of the molecule is Cc1[nH]c2c(C(=O)NCCn3nccc3C)cccc2c1C. The second-order valence-electron chi connectivity index (χ2n) is 5.55. The Morgan fingerprint density at radius 1 is 1.27 bits per heavy atom. The second-order valence-corrected chi connectivity index (χ2v) is 5.55. The van der Waals surface area contributed by atoms with Gasteiger partial charge in [-0.2, -0.15) is 5.10 Å². The number of para-hydroxylation sites is 1. The van der Waals surface area contributed by atoms with Crippen LogP contribution in [0.5, 0.6) is 0 Å². The number of H-pyrrole nitrogens is 1. The molecule has 2 aromatic heterocycles. The zero-order valence-corrected chi connectivity index (χ0v) is 13.1. The van der Waals surface area contributed by atoms with Gasteiger partial charge in [0, 0.05) is 29.5 Å². The van der Waals surface area contributed by atoms with E-state index in [1.165, 1.54) is 5.56 Å². The highest BCUT2D eigenvalue weighted by Gasteiger charge is 2.13. The number of benzene rings is 1. The van der Waals surface area contributed by atoms with Crippen LogP contribution in [0.1, 0.15) is 27.3 Å². The molecule has 2 heterocycles. The molecule has 0 aliphatic rings. The minimum Gasteiger partial charge on any atom is -0.358 e. The lowest BCUT2D eigenvalue weighted by atomic mass is 10.1. The van der Waals surface area contributed by atoms with Crippen LogP contribution in [-0.2, 0) is 6.54 Å². The molecule has 114 valence electrons. The Morgan fingerprint density at radius 3 is 2.82 bits per heavy atom. The zero-order valence-electron chi connectivity index (χ0n) is 13.1. The highest BCUT2D eigenvalue weighted by molar-refractivity contribution is 6.06. The summed E-state index contributed by atoms with van der Waals surface area (Å²) in [6, 6.07) is 7.77. The van der Waals surface area contributed by atoms with Crippen LogP contribution >= 0.6 is 0 Å². The molecule has 0 fully saturated rings. The molecule has 0 aliphatic carbocycles. The van der Waals surface area contributed by atoms with Crippen molar-refractivity contribution >= 4 is 16.8 Å². The summed E-state index contributed by atoms with van der Waals surface area (Å²) < 4.78 is 1.88. The first kappa shape index (κ1) is 14.4. The molecule has 2 N–H and O–H groups in total. The number of hydrogen-bond donors (Lipinski definition) is 2. The van der Waals surface area contributed by atoms with Crippen molar-refractivity contribution in [1.82, 2.24) is 20.1 Å². The number of nitrogens with zero attached hydrogens (tertiary/aromatic N) is 2. The van der Waals surface area contributed by atoms with Gasteiger partial charge in [0.2, 0.25) is 0 Å². The Bertz CT molecular complexity index is 828. The summed E-state index contributed by atoms with van der Waals surface area (Å²) >= 11 is 0. The van der Waals surface area contributed by atoms with Crippen molar-refractivity contribution in [3.05, 3.63) is 53.0 Å². The topological polar surface area (TPSA) is 62.7 Å². The lowest BCUT2D eigenvalue weighted by Crippen LogP contribution is -2.28. The fourth-order valence-electron chi connectivity index (χ4n) is 2.68. The summed E-state index contributed by atoms with van der Waals surface area (Å²) in [6.07, 6.45) is 1.77. The van der Waals surface area contributed by atoms with Crippen LogP contribution in [0.15, 0.2) is 30.5 Å². The molecule has 1 amide bonds. The van der Waals surface area contributed by atoms with Crippen molar-refractivity contribution in [2.75, 3.05) is 6.54 Å². The summed E-state index contributed by atoms with van der Waals surface area (Å²) in [7, 11) is 0. The largest absolute Gasteiger partial charge is 0.358 e. The Kier molecular flexibility index (Phi) is 3.71. The molecule has 0 radical (unpaired) electrons. The van der Waals surface area contributed by atoms with Crippen molar-refractivity contribution in [3.8, 4) is 0 Å². The molecule has 0 saturated heterocycles. The van der Waals surface area contributed by atoms with Gasteiger partial charge in [-0.05, 0) is 38.5 Å². The van der Waals surface area contributed by atoms with Gasteiger partial charge < -0.3 is 10.3 Å². The van der Waals surface area contributed by atoms with E-state index in [1.54, 1.807) is 6.20 Å². The van der Waals surface area contributed by atoms with Gasteiger partial charge in [-0.25, -0.2) is 0 Å². The number of aromatic amines is 1. The molecule has 0 saturated carbocycles. The Balaban J connectivity index is 1.75. The molecule has 0 atom stereocenters. The summed E-state index contributed by atoms with van der Waals surface area (Å²) in [5.41, 5.74) is 4.97. The maximum absolute atomic E-state index is 12.4. The molecule has 1 aromatic carbocycles. The number of hydrogen-bond acceptors (Lipinski definition) is 2. The summed E-state index contributed by atoms with van der Waals surface area (Å²) in [6.45, 7) is 7.31. The smallest absolute Gasteiger partial charge is 0.253 e. The quantitative estimate of drug-likeness (QED) is 0.777. The van der Waals surface area contributed by atoms with Crippen LogP contribution in [0.2, 0.25) is 0 Å². The molecule has 5 nitrogen and oxygen atoms in total. The van der Waals surface area contributed by atoms with Crippen molar-refractivity contribution in [1.29, 1.82) is 0 Å². The number of carbonyl (C=O) groups excluding carboxylic acids is 1. The average Bonchev–Trinajstić information content (AvgIpc) is 3.03. The first-order valence-corrected chi connectivity index (χ1v) is 7.42. The lowest BCUT2D eigenvalue weighted by molar-refractivity contribution is 0.0953. The van der Waals surface area contributed by atoms with Crippen LogP contribution in [0, 0.1) is 20.8 Å². The fraction of sp³-hybridized carbons (Fsp3) is 0.294. The van der Waals surface area contributed by atoms with E-state index in [9.17, 15) is 4.79 Å². The van der Waals surface area contributed by atoms with E-state index < -0.39 is 0 Å². The van der Waals surface area contributed by atoms with E-state index >= 15 is 0 Å². The van der Waals surface area contributed by atoms with E-state index in [2.05, 4.69) is 22.3 Å². The van der Waals surface area contributed by atoms with Gasteiger partial charge in [0.15, 0.2) is 0 Å². The van der Waals surface area contributed by atoms with E-state index in [4.69, 9.17) is 0 Å². The molecule has 3 rings (SSSR count). The van der Waals surface area contributed by atoms with Crippen LogP contribution in [0.4, 0.5) is 0 Å². The minimum atomic E-state index is -0.0586. The molecular formula is C17H20N4O. The van der Waals surface area contributed by atoms with Gasteiger partial charge in [-0.15, -0.1) is 0 Å². The zero-order chi connectivity index (χ0) is 15.7. The van der Waals surface area contributed by atoms with Gasteiger partial charge in [0.05, 0.1) is 17.6 Å². The third kappa shape index (κ3) is 2.50. The fourth-order valence-corrected chi connectivity index (χ4v) is 2.68. The number of carbonyl (C=O) groups is 1. The molecule has 3 aromatic rings. The Labute approximate surface area is 129 Å². The van der Waals surface area contributed by atoms with Gasteiger partial charge in [0.1, 0.15) is 0 Å². The number of rotatable bonds is 4. The summed E-state index contributed by atoms with van der Waals surface area (Å²) in [5.74, 6) is -0.0586. The van der Waals surface area contributed by atoms with Crippen molar-refractivity contribution in [2.24, 2.45) is 0 Å². The number of fused-ring (bicyclic) bond motifs is 1. The standard InChI is InChI=1S/C17H20N4O/c1-11-7-8-19-21(11)10-9-18-17(22)15-6-4-5-14-12(2)13(3)20-16(14)15/h4-8,20H,9-10H2,1-3H3,(H,18,22). The van der Waals surface area contributed by atoms with Crippen molar-refractivity contribution in [2.45, 2.75) is 27.3 Å². The number of nitrogens with one attached hydrogen (secondary N) is 2. The molecule has 0 spiro atoms. The maximum atomic E-state index is 12.4. The normalized spacial score (nSPS) is 11.0. The first-order valence-electron chi connectivity index (χ1n) is 7.42. The predicted molar refractivity (Wildman–Crippen MR) is 87.1 cm³/mol. The van der Waals surface area contributed by atoms with Crippen molar-refractivity contribution < 1.29 is 4.79 Å². The molecule has 0 aliphatic heterocycles. The van der Waals surface area contributed by atoms with Crippen LogP contribution in [0.25, 0.3) is 10.9 Å². The second kappa shape index (κ2) is 5.67. The van der Waals surface area contributed by atoms with Gasteiger partial charge >= 0.3 is 0 Å². The Hall–Kier alpha value is -2.56. The van der Waals surface area contributed by atoms with Crippen LogP contribution in [0.3, 0.4) is 0 Å². The minimum absolute atomic E-state index is 0.0586. The van der Waals surface area contributed by atoms with E-state index in [0.717, 1.165) is 22.3 Å². The van der Waals surface area contributed by atoms with Crippen LogP contribution in [-0.4, -0.2) is 27.2 Å². The summed E-state index contributed by atoms with van der Waals surface area (Å²) in [5, 5.41) is 8.28. The predicted octanol–water partition coefficient (Wildman–Crippen LogP) is 2.72. The van der Waals surface area contributed by atoms with Crippen LogP contribution < -0.4 is 5.32 Å². The summed E-state index contributed by atoms with van der Waals surface area (Å²) in [4.78, 5) is 15.7. The van der Waals surface area contributed by atoms with Gasteiger partial charge in [0.25, 0.3) is 5.91 Å². The molecule has 22 heavy (non-hydrogen) atoms. The monoisotopic (exact) mass is 296 g/mol. The number of aryl methyl sites for hydroxylation is 3. The van der Waals surface area contributed by atoms with E-state index in [0.29, 0.717) is 18.7 Å². The van der Waals surface area contributed by atoms with E-state index in [-0.39, 0.29) is 5.91 Å². The number of amides is 1. The molecule has 0 unspecified atom stereocenters.